The minimum atomic E-state index is -2.99. The molecule has 0 radical (unpaired) electrons. The second-order valence-corrected chi connectivity index (χ2v) is 10.4. The number of imidazole rings is 1. The van der Waals surface area contributed by atoms with E-state index in [2.05, 4.69) is 25.5 Å². The summed E-state index contributed by atoms with van der Waals surface area (Å²) in [5, 5.41) is 11.8. The van der Waals surface area contributed by atoms with E-state index in [-0.39, 0.29) is 48.3 Å². The smallest absolute Gasteiger partial charge is 0.345 e. The number of ether oxygens (including phenoxy) is 2. The quantitative estimate of drug-likeness (QED) is 0.0886. The van der Waals surface area contributed by atoms with Gasteiger partial charge in [0.05, 0.1) is 17.2 Å². The first-order chi connectivity index (χ1) is 21.5. The number of nitrogens with zero attached hydrogens (tertiary/aromatic N) is 4. The predicted molar refractivity (Wildman–Crippen MR) is 161 cm³/mol. The van der Waals surface area contributed by atoms with Gasteiger partial charge in [0, 0.05) is 41.3 Å². The number of aryl methyl sites for hydroxylation is 2. The molecule has 0 unspecified atom stereocenters. The van der Waals surface area contributed by atoms with Crippen molar-refractivity contribution in [1.29, 1.82) is 0 Å². The monoisotopic (exact) mass is 646 g/mol. The van der Waals surface area contributed by atoms with E-state index in [0.29, 0.717) is 33.2 Å². The Morgan fingerprint density at radius 2 is 1.91 bits per heavy atom. The number of anilines is 2. The van der Waals surface area contributed by atoms with Gasteiger partial charge in [-0.2, -0.15) is 13.9 Å². The lowest BCUT2D eigenvalue weighted by Crippen LogP contribution is -2.56. The van der Waals surface area contributed by atoms with Crippen LogP contribution in [0.15, 0.2) is 36.4 Å². The highest BCUT2D eigenvalue weighted by atomic mass is 32.1. The zero-order valence-electron chi connectivity index (χ0n) is 24.1. The van der Waals surface area contributed by atoms with Gasteiger partial charge in [-0.15, -0.1) is 11.3 Å². The van der Waals surface area contributed by atoms with Crippen LogP contribution in [0, 0.1) is 11.8 Å². The molecule has 18 heteroatoms. The van der Waals surface area contributed by atoms with E-state index in [1.807, 2.05) is 6.92 Å². The Morgan fingerprint density at radius 3 is 2.58 bits per heavy atom. The number of amides is 3. The number of hydrogen-bond donors (Lipinski definition) is 5. The molecule has 3 aromatic heterocycles. The van der Waals surface area contributed by atoms with Crippen molar-refractivity contribution in [3.05, 3.63) is 63.2 Å². The standard InChI is InChI=1S/C27H29F2N9O6S/c1-3-38-18(10-14(2)35-38)24(41)34-27-33-17-13-20(23(31)40)45-25(17)37(27)7-5-4-6-32-21-16(36-42)11-15(22(30)39)12-19(21)43-8-9-44-26(28)29/h4-5,10-13,26,32H,3,6-9H2,1-2H3,(H2,30,39)(H2,31,40)(H,33,34,41)/p+1/b5-4+. The van der Waals surface area contributed by atoms with Crippen LogP contribution in [0.4, 0.5) is 26.1 Å². The van der Waals surface area contributed by atoms with Crippen molar-refractivity contribution >= 4 is 56.7 Å². The minimum Gasteiger partial charge on any atom is -0.489 e. The van der Waals surface area contributed by atoms with Gasteiger partial charge >= 0.3 is 6.61 Å². The van der Waals surface area contributed by atoms with E-state index in [4.69, 9.17) is 16.2 Å². The average Bonchev–Trinajstić information content (AvgIpc) is 3.68. The number of primary amides is 2. The lowest BCUT2D eigenvalue weighted by molar-refractivity contribution is -0.378. The van der Waals surface area contributed by atoms with Crippen molar-refractivity contribution < 1.29 is 37.8 Å². The third-order valence-electron chi connectivity index (χ3n) is 6.26. The van der Waals surface area contributed by atoms with E-state index in [9.17, 15) is 28.1 Å². The molecule has 1 aromatic carbocycles. The highest BCUT2D eigenvalue weighted by Gasteiger charge is 2.21. The molecule has 0 fully saturated rings. The number of allylic oxidation sites excluding steroid dienone is 1. The Labute approximate surface area is 258 Å². The van der Waals surface area contributed by atoms with Gasteiger partial charge in [-0.1, -0.05) is 12.2 Å². The molecule has 45 heavy (non-hydrogen) atoms. The molecule has 0 saturated heterocycles. The number of carbonyl (C=O) groups excluding carboxylic acids is 3. The van der Waals surface area contributed by atoms with E-state index in [1.54, 1.807) is 45.6 Å². The molecule has 238 valence electrons. The van der Waals surface area contributed by atoms with Gasteiger partial charge in [0.1, 0.15) is 28.4 Å². The molecule has 4 aromatic rings. The zero-order valence-corrected chi connectivity index (χ0v) is 25.0. The molecular formula is C27H30F2N9O6S+. The van der Waals surface area contributed by atoms with Crippen molar-refractivity contribution in [2.45, 2.75) is 33.5 Å². The second-order valence-electron chi connectivity index (χ2n) is 9.35. The lowest BCUT2D eigenvalue weighted by Gasteiger charge is -2.13. The topological polar surface area (TPSA) is 212 Å². The molecule has 3 heterocycles. The third kappa shape index (κ3) is 7.84. The minimum absolute atomic E-state index is 0.0105. The number of benzene rings is 1. The maximum Gasteiger partial charge on any atom is 0.345 e. The van der Waals surface area contributed by atoms with Crippen molar-refractivity contribution in [2.24, 2.45) is 11.5 Å². The van der Waals surface area contributed by atoms with Crippen LogP contribution in [0.2, 0.25) is 0 Å². The fourth-order valence-corrected chi connectivity index (χ4v) is 5.24. The normalized spacial score (nSPS) is 11.4. The van der Waals surface area contributed by atoms with Crippen LogP contribution in [0.3, 0.4) is 0 Å². The Morgan fingerprint density at radius 1 is 1.13 bits per heavy atom. The number of aromatic nitrogens is 4. The van der Waals surface area contributed by atoms with Crippen molar-refractivity contribution in [3.8, 4) is 5.75 Å². The molecule has 3 amide bonds. The fourth-order valence-electron chi connectivity index (χ4n) is 4.28. The van der Waals surface area contributed by atoms with Gasteiger partial charge < -0.3 is 26.3 Å². The SMILES string of the molecule is CCn1nc(C)cc1C(=O)Nc1nc2cc(C(N)=O)sc2n1C/C=C/CNc1c([NH+]=O)cc(C(N)=O)cc1OCCOC(F)F. The molecule has 0 aliphatic heterocycles. The first-order valence-electron chi connectivity index (χ1n) is 13.4. The van der Waals surface area contributed by atoms with E-state index >= 15 is 0 Å². The molecule has 0 aliphatic rings. The molecular weight excluding hydrogens is 616 g/mol. The summed E-state index contributed by atoms with van der Waals surface area (Å²) in [6.45, 7) is 0.748. The molecule has 0 bridgehead atoms. The largest absolute Gasteiger partial charge is 0.489 e. The van der Waals surface area contributed by atoms with Crippen molar-refractivity contribution in [1.82, 2.24) is 19.3 Å². The summed E-state index contributed by atoms with van der Waals surface area (Å²) in [6, 6.07) is 5.70. The Kier molecular flexibility index (Phi) is 10.5. The van der Waals surface area contributed by atoms with Crippen LogP contribution in [-0.4, -0.2) is 63.4 Å². The zero-order chi connectivity index (χ0) is 32.7. The highest BCUT2D eigenvalue weighted by molar-refractivity contribution is 7.20. The summed E-state index contributed by atoms with van der Waals surface area (Å²) >= 11 is 1.12. The molecule has 0 aliphatic carbocycles. The molecule has 0 saturated carbocycles. The maximum atomic E-state index is 13.1. The van der Waals surface area contributed by atoms with Gasteiger partial charge in [0.15, 0.2) is 5.69 Å². The van der Waals surface area contributed by atoms with E-state index in [1.165, 1.54) is 12.1 Å². The highest BCUT2D eigenvalue weighted by Crippen LogP contribution is 2.32. The summed E-state index contributed by atoms with van der Waals surface area (Å²) in [5.41, 5.74) is 12.4. The molecule has 0 spiro atoms. The van der Waals surface area contributed by atoms with Crippen molar-refractivity contribution in [3.63, 3.8) is 0 Å². The number of fused-ring (bicyclic) bond motifs is 1. The van der Waals surface area contributed by atoms with Crippen LogP contribution >= 0.6 is 11.3 Å². The van der Waals surface area contributed by atoms with Gasteiger partial charge in [-0.3, -0.25) is 28.9 Å². The summed E-state index contributed by atoms with van der Waals surface area (Å²) in [6.07, 6.45) is 3.45. The Hall–Kier alpha value is -5.23. The van der Waals surface area contributed by atoms with Crippen molar-refractivity contribution in [2.75, 3.05) is 30.4 Å². The van der Waals surface area contributed by atoms with E-state index < -0.39 is 30.9 Å². The number of hydrogen-bond acceptors (Lipinski definition) is 10. The van der Waals surface area contributed by atoms with Gasteiger partial charge in [0.25, 0.3) is 17.5 Å². The van der Waals surface area contributed by atoms with Crippen LogP contribution < -0.4 is 32.0 Å². The Balaban J connectivity index is 1.54. The summed E-state index contributed by atoms with van der Waals surface area (Å²) < 4.78 is 37.6. The Bertz CT molecular complexity index is 1760. The van der Waals surface area contributed by atoms with Crippen LogP contribution in [-0.2, 0) is 17.8 Å². The molecule has 7 N–H and O–H groups in total. The number of alkyl halides is 2. The maximum absolute atomic E-state index is 13.1. The fraction of sp³-hybridized carbons (Fsp3) is 0.296. The van der Waals surface area contributed by atoms with Crippen LogP contribution in [0.25, 0.3) is 10.3 Å². The third-order valence-corrected chi connectivity index (χ3v) is 7.42. The van der Waals surface area contributed by atoms with Gasteiger partial charge in [-0.25, -0.2) is 4.98 Å². The van der Waals surface area contributed by atoms with Crippen LogP contribution in [0.5, 0.6) is 5.75 Å². The number of carbonyl (C=O) groups is 3. The average molecular weight is 647 g/mol. The molecule has 0 atom stereocenters. The second kappa shape index (κ2) is 14.5. The lowest BCUT2D eigenvalue weighted by atomic mass is 10.1. The number of thiophene rings is 1. The first kappa shape index (κ1) is 32.7. The number of nitrogens with one attached hydrogen (secondary N) is 3. The number of rotatable bonds is 16. The van der Waals surface area contributed by atoms with E-state index in [0.717, 1.165) is 11.3 Å². The van der Waals surface area contributed by atoms with Gasteiger partial charge in [-0.05, 0) is 32.0 Å². The number of nitrogens with two attached hydrogens (primary N) is 2. The van der Waals surface area contributed by atoms with Crippen LogP contribution in [0.1, 0.15) is 43.1 Å². The first-order valence-corrected chi connectivity index (χ1v) is 14.3. The predicted octanol–water partition coefficient (Wildman–Crippen LogP) is 1.84. The number of nitroso groups, excluding NO2 is 1. The molecule has 15 nitrogen and oxygen atoms in total. The molecule has 4 rings (SSSR count). The summed E-state index contributed by atoms with van der Waals surface area (Å²) in [7, 11) is 0. The number of halogens is 2. The summed E-state index contributed by atoms with van der Waals surface area (Å²) in [4.78, 5) is 53.7. The summed E-state index contributed by atoms with van der Waals surface area (Å²) in [5.74, 6) is -1.61. The van der Waals surface area contributed by atoms with Gasteiger partial charge in [0.2, 0.25) is 11.9 Å².